The van der Waals surface area contributed by atoms with Crippen molar-refractivity contribution in [3.8, 4) is 11.4 Å². The molecule has 2 aliphatic rings. The summed E-state index contributed by atoms with van der Waals surface area (Å²) in [6, 6.07) is 6.12. The van der Waals surface area contributed by atoms with Gasteiger partial charge in [0.25, 0.3) is 0 Å². The molecule has 0 saturated carbocycles. The molecule has 0 bridgehead atoms. The Hall–Kier alpha value is -2.46. The maximum absolute atomic E-state index is 13.4. The van der Waals surface area contributed by atoms with E-state index in [1.54, 1.807) is 17.0 Å². The van der Waals surface area contributed by atoms with Crippen LogP contribution in [0.25, 0.3) is 11.4 Å². The van der Waals surface area contributed by atoms with Gasteiger partial charge in [-0.25, -0.2) is 4.39 Å². The number of benzene rings is 1. The fraction of sp³-hybridized carbons (Fsp3) is 0.524. The molecule has 10 heteroatoms. The predicted molar refractivity (Wildman–Crippen MR) is 114 cm³/mol. The minimum atomic E-state index is -0.356. The smallest absolute Gasteiger partial charge is 0.233 e. The molecule has 2 atom stereocenters. The van der Waals surface area contributed by atoms with Gasteiger partial charge in [-0.2, -0.15) is 0 Å². The van der Waals surface area contributed by atoms with E-state index >= 15 is 0 Å². The lowest BCUT2D eigenvalue weighted by Crippen LogP contribution is -2.44. The molecule has 0 unspecified atom stereocenters. The number of likely N-dealkylation sites (tertiary alicyclic amines) is 1. The molecule has 0 spiro atoms. The molecule has 1 aromatic heterocycles. The first kappa shape index (κ1) is 21.8. The van der Waals surface area contributed by atoms with Crippen molar-refractivity contribution >= 4 is 23.6 Å². The molecule has 31 heavy (non-hydrogen) atoms. The van der Waals surface area contributed by atoms with Crippen LogP contribution < -0.4 is 5.73 Å². The molecule has 2 N–H and O–H groups in total. The molecule has 2 amide bonds. The molecule has 8 nitrogen and oxygen atoms in total. The van der Waals surface area contributed by atoms with Gasteiger partial charge in [-0.05, 0) is 49.9 Å². The SMILES string of the molecule is NC(=O)[C@@H]1CCCN(C(=O)CSc2nnc(-c3ccc(F)cc3)n2C[C@H]2CCCO2)C1. The van der Waals surface area contributed by atoms with E-state index in [2.05, 4.69) is 10.2 Å². The number of piperidine rings is 1. The number of nitrogens with zero attached hydrogens (tertiary/aromatic N) is 4. The van der Waals surface area contributed by atoms with Crippen LogP contribution in [0.4, 0.5) is 4.39 Å². The molecule has 0 aliphatic carbocycles. The van der Waals surface area contributed by atoms with Gasteiger partial charge < -0.3 is 15.4 Å². The van der Waals surface area contributed by atoms with Gasteiger partial charge >= 0.3 is 0 Å². The second-order valence-corrected chi connectivity index (χ2v) is 8.87. The van der Waals surface area contributed by atoms with Crippen molar-refractivity contribution < 1.29 is 18.7 Å². The van der Waals surface area contributed by atoms with Gasteiger partial charge in [-0.15, -0.1) is 10.2 Å². The van der Waals surface area contributed by atoms with Gasteiger partial charge in [0.1, 0.15) is 5.82 Å². The number of thioether (sulfide) groups is 1. The van der Waals surface area contributed by atoms with E-state index in [-0.39, 0.29) is 35.4 Å². The van der Waals surface area contributed by atoms with E-state index < -0.39 is 0 Å². The summed E-state index contributed by atoms with van der Waals surface area (Å²) >= 11 is 1.31. The van der Waals surface area contributed by atoms with Crippen LogP contribution in [-0.2, 0) is 20.9 Å². The maximum atomic E-state index is 13.4. The minimum absolute atomic E-state index is 0.0500. The number of halogens is 1. The molecule has 4 rings (SSSR count). The van der Waals surface area contributed by atoms with E-state index in [0.717, 1.165) is 37.9 Å². The summed E-state index contributed by atoms with van der Waals surface area (Å²) in [5, 5.41) is 9.23. The average Bonchev–Trinajstić information content (AvgIpc) is 3.43. The van der Waals surface area contributed by atoms with Gasteiger partial charge in [0.2, 0.25) is 11.8 Å². The number of nitrogens with two attached hydrogens (primary N) is 1. The number of primary amides is 1. The third-order valence-electron chi connectivity index (χ3n) is 5.73. The van der Waals surface area contributed by atoms with Crippen LogP contribution in [0.15, 0.2) is 29.4 Å². The zero-order valence-corrected chi connectivity index (χ0v) is 18.0. The first-order chi connectivity index (χ1) is 15.0. The summed E-state index contributed by atoms with van der Waals surface area (Å²) in [7, 11) is 0. The third kappa shape index (κ3) is 5.24. The molecule has 2 aliphatic heterocycles. The van der Waals surface area contributed by atoms with Crippen LogP contribution in [0.1, 0.15) is 25.7 Å². The fourth-order valence-electron chi connectivity index (χ4n) is 4.02. The van der Waals surface area contributed by atoms with Gasteiger partial charge in [0.15, 0.2) is 11.0 Å². The van der Waals surface area contributed by atoms with Crippen LogP contribution in [0.5, 0.6) is 0 Å². The fourth-order valence-corrected chi connectivity index (χ4v) is 4.87. The van der Waals surface area contributed by atoms with E-state index in [0.29, 0.717) is 30.6 Å². The molecule has 2 aromatic rings. The molecule has 166 valence electrons. The molecular weight excluding hydrogens is 421 g/mol. The van der Waals surface area contributed by atoms with Crippen LogP contribution in [0, 0.1) is 11.7 Å². The molecule has 2 fully saturated rings. The zero-order chi connectivity index (χ0) is 21.8. The second kappa shape index (κ2) is 9.78. The van der Waals surface area contributed by atoms with E-state index in [1.165, 1.54) is 23.9 Å². The van der Waals surface area contributed by atoms with Crippen molar-refractivity contribution in [2.24, 2.45) is 11.7 Å². The van der Waals surface area contributed by atoms with Crippen molar-refractivity contribution in [2.75, 3.05) is 25.4 Å². The lowest BCUT2D eigenvalue weighted by Gasteiger charge is -2.31. The topological polar surface area (TPSA) is 103 Å². The van der Waals surface area contributed by atoms with Crippen LogP contribution >= 0.6 is 11.8 Å². The summed E-state index contributed by atoms with van der Waals surface area (Å²) in [5.41, 5.74) is 6.18. The maximum Gasteiger partial charge on any atom is 0.233 e. The highest BCUT2D eigenvalue weighted by molar-refractivity contribution is 7.99. The van der Waals surface area contributed by atoms with Crippen molar-refractivity contribution in [2.45, 2.75) is 43.5 Å². The molecule has 0 radical (unpaired) electrons. The lowest BCUT2D eigenvalue weighted by atomic mass is 9.97. The Morgan fingerprint density at radius 1 is 1.19 bits per heavy atom. The number of hydrogen-bond donors (Lipinski definition) is 1. The van der Waals surface area contributed by atoms with Crippen molar-refractivity contribution in [3.63, 3.8) is 0 Å². The monoisotopic (exact) mass is 447 g/mol. The first-order valence-electron chi connectivity index (χ1n) is 10.5. The van der Waals surface area contributed by atoms with E-state index in [1.807, 2.05) is 4.57 Å². The highest BCUT2D eigenvalue weighted by Gasteiger charge is 2.28. The van der Waals surface area contributed by atoms with Gasteiger partial charge in [0.05, 0.1) is 24.3 Å². The highest BCUT2D eigenvalue weighted by atomic mass is 32.2. The number of hydrogen-bond acceptors (Lipinski definition) is 6. The average molecular weight is 448 g/mol. The Morgan fingerprint density at radius 3 is 2.71 bits per heavy atom. The van der Waals surface area contributed by atoms with Crippen LogP contribution in [0.2, 0.25) is 0 Å². The molecule has 1 aromatic carbocycles. The van der Waals surface area contributed by atoms with Crippen LogP contribution in [0.3, 0.4) is 0 Å². The van der Waals surface area contributed by atoms with E-state index in [9.17, 15) is 14.0 Å². The number of amides is 2. The van der Waals surface area contributed by atoms with Gasteiger partial charge in [-0.3, -0.25) is 14.2 Å². The number of carbonyl (C=O) groups is 2. The number of aromatic nitrogens is 3. The summed E-state index contributed by atoms with van der Waals surface area (Å²) in [4.78, 5) is 25.9. The lowest BCUT2D eigenvalue weighted by molar-refractivity contribution is -0.132. The third-order valence-corrected chi connectivity index (χ3v) is 6.68. The van der Waals surface area contributed by atoms with Crippen LogP contribution in [-0.4, -0.2) is 63.0 Å². The van der Waals surface area contributed by atoms with Crippen molar-refractivity contribution in [1.29, 1.82) is 0 Å². The summed E-state index contributed by atoms with van der Waals surface area (Å²) in [6.07, 6.45) is 3.52. The Labute approximate surface area is 184 Å². The molecule has 2 saturated heterocycles. The van der Waals surface area contributed by atoms with Gasteiger partial charge in [-0.1, -0.05) is 11.8 Å². The first-order valence-corrected chi connectivity index (χ1v) is 11.5. The van der Waals surface area contributed by atoms with E-state index in [4.69, 9.17) is 10.5 Å². The van der Waals surface area contributed by atoms with Crippen molar-refractivity contribution in [3.05, 3.63) is 30.1 Å². The Balaban J connectivity index is 1.48. The van der Waals surface area contributed by atoms with Gasteiger partial charge in [0, 0.05) is 25.3 Å². The molecular formula is C21H26FN5O3S. The molecule has 3 heterocycles. The normalized spacial score (nSPS) is 21.4. The summed E-state index contributed by atoms with van der Waals surface area (Å²) in [6.45, 7) is 2.31. The van der Waals surface area contributed by atoms with Crippen molar-refractivity contribution in [1.82, 2.24) is 19.7 Å². The Kier molecular flexibility index (Phi) is 6.86. The summed E-state index contributed by atoms with van der Waals surface area (Å²) < 4.78 is 21.1. The number of ether oxygens (including phenoxy) is 1. The zero-order valence-electron chi connectivity index (χ0n) is 17.2. The number of rotatable bonds is 7. The second-order valence-electron chi connectivity index (χ2n) is 7.93. The number of carbonyl (C=O) groups excluding carboxylic acids is 2. The quantitative estimate of drug-likeness (QED) is 0.652. The summed E-state index contributed by atoms with van der Waals surface area (Å²) in [5.74, 6) is -0.187. The Bertz CT molecular complexity index is 930. The standard InChI is InChI=1S/C21H26FN5O3S/c22-16-7-5-14(6-8-16)20-24-25-21(27(20)12-17-4-2-10-30-17)31-13-18(28)26-9-1-3-15(11-26)19(23)29/h5-8,15,17H,1-4,9-13H2,(H2,23,29)/t15-,17-/m1/s1. The predicted octanol–water partition coefficient (Wildman–Crippen LogP) is 2.08. The minimum Gasteiger partial charge on any atom is -0.376 e. The highest BCUT2D eigenvalue weighted by Crippen LogP contribution is 2.27. The Morgan fingerprint density at radius 2 is 2.00 bits per heavy atom. The largest absolute Gasteiger partial charge is 0.376 e.